The standard InChI is InChI=1S/C18H24N2O/c1-13(2)16-6-4-15(5-7-16)11-20(17-8-9-17)12-18-10-14(3)19-21-18/h4-7,10,13,17H,8-9,11-12H2,1-3H3. The van der Waals surface area contributed by atoms with Crippen molar-refractivity contribution < 1.29 is 4.52 Å². The summed E-state index contributed by atoms with van der Waals surface area (Å²) in [6, 6.07) is 11.8. The zero-order valence-corrected chi connectivity index (χ0v) is 13.2. The highest BCUT2D eigenvalue weighted by atomic mass is 16.5. The molecule has 0 radical (unpaired) electrons. The number of hydrogen-bond acceptors (Lipinski definition) is 3. The molecule has 0 bridgehead atoms. The quantitative estimate of drug-likeness (QED) is 0.793. The Labute approximate surface area is 126 Å². The van der Waals surface area contributed by atoms with E-state index >= 15 is 0 Å². The van der Waals surface area contributed by atoms with Gasteiger partial charge in [0.05, 0.1) is 12.2 Å². The van der Waals surface area contributed by atoms with E-state index in [2.05, 4.69) is 48.2 Å². The Morgan fingerprint density at radius 3 is 2.43 bits per heavy atom. The normalized spacial score (nSPS) is 15.1. The lowest BCUT2D eigenvalue weighted by Crippen LogP contribution is -2.24. The van der Waals surface area contributed by atoms with E-state index in [0.29, 0.717) is 12.0 Å². The van der Waals surface area contributed by atoms with Gasteiger partial charge in [0.25, 0.3) is 0 Å². The van der Waals surface area contributed by atoms with Crippen molar-refractivity contribution in [1.29, 1.82) is 0 Å². The maximum absolute atomic E-state index is 5.37. The Hall–Kier alpha value is -1.61. The van der Waals surface area contributed by atoms with Crippen LogP contribution in [-0.2, 0) is 13.1 Å². The van der Waals surface area contributed by atoms with Crippen LogP contribution in [-0.4, -0.2) is 16.1 Å². The van der Waals surface area contributed by atoms with Gasteiger partial charge < -0.3 is 4.52 Å². The summed E-state index contributed by atoms with van der Waals surface area (Å²) in [5.41, 5.74) is 3.74. The van der Waals surface area contributed by atoms with Crippen LogP contribution < -0.4 is 0 Å². The molecule has 1 aliphatic carbocycles. The minimum absolute atomic E-state index is 0.593. The van der Waals surface area contributed by atoms with Crippen LogP contribution in [0.5, 0.6) is 0 Å². The van der Waals surface area contributed by atoms with Crippen molar-refractivity contribution in [2.24, 2.45) is 0 Å². The molecule has 0 amide bonds. The van der Waals surface area contributed by atoms with E-state index in [0.717, 1.165) is 24.5 Å². The average molecular weight is 284 g/mol. The van der Waals surface area contributed by atoms with Gasteiger partial charge in [-0.15, -0.1) is 0 Å². The van der Waals surface area contributed by atoms with E-state index in [-0.39, 0.29) is 0 Å². The zero-order valence-electron chi connectivity index (χ0n) is 13.2. The van der Waals surface area contributed by atoms with Gasteiger partial charge in [0, 0.05) is 18.7 Å². The van der Waals surface area contributed by atoms with Gasteiger partial charge in [-0.2, -0.15) is 0 Å². The van der Waals surface area contributed by atoms with Crippen molar-refractivity contribution in [2.45, 2.75) is 58.7 Å². The number of rotatable bonds is 6. The first-order chi connectivity index (χ1) is 10.1. The fourth-order valence-electron chi connectivity index (χ4n) is 2.69. The van der Waals surface area contributed by atoms with Crippen molar-refractivity contribution >= 4 is 0 Å². The lowest BCUT2D eigenvalue weighted by molar-refractivity contribution is 0.214. The Morgan fingerprint density at radius 1 is 1.19 bits per heavy atom. The minimum Gasteiger partial charge on any atom is -0.360 e. The zero-order chi connectivity index (χ0) is 14.8. The number of hydrogen-bond donors (Lipinski definition) is 0. The molecule has 1 saturated carbocycles. The molecule has 1 fully saturated rings. The monoisotopic (exact) mass is 284 g/mol. The largest absolute Gasteiger partial charge is 0.360 e. The van der Waals surface area contributed by atoms with Gasteiger partial charge in [0.15, 0.2) is 5.76 Å². The predicted molar refractivity (Wildman–Crippen MR) is 84.0 cm³/mol. The van der Waals surface area contributed by atoms with Crippen LogP contribution in [0.25, 0.3) is 0 Å². The second-order valence-electron chi connectivity index (χ2n) is 6.47. The SMILES string of the molecule is Cc1cc(CN(Cc2ccc(C(C)C)cc2)C2CC2)on1. The Kier molecular flexibility index (Phi) is 4.11. The highest BCUT2D eigenvalue weighted by molar-refractivity contribution is 5.24. The molecule has 0 N–H and O–H groups in total. The highest BCUT2D eigenvalue weighted by Crippen LogP contribution is 2.30. The molecular weight excluding hydrogens is 260 g/mol. The topological polar surface area (TPSA) is 29.3 Å². The Bertz CT molecular complexity index is 582. The van der Waals surface area contributed by atoms with E-state index in [9.17, 15) is 0 Å². The molecule has 3 nitrogen and oxygen atoms in total. The molecule has 2 aromatic rings. The van der Waals surface area contributed by atoms with Crippen LogP contribution in [0.2, 0.25) is 0 Å². The predicted octanol–water partition coefficient (Wildman–Crippen LogP) is 4.27. The van der Waals surface area contributed by atoms with Crippen LogP contribution >= 0.6 is 0 Å². The molecule has 0 spiro atoms. The molecule has 0 unspecified atom stereocenters. The number of benzene rings is 1. The molecule has 1 aliphatic rings. The van der Waals surface area contributed by atoms with Crippen LogP contribution in [0.3, 0.4) is 0 Å². The fraction of sp³-hybridized carbons (Fsp3) is 0.500. The summed E-state index contributed by atoms with van der Waals surface area (Å²) in [5.74, 6) is 1.56. The van der Waals surface area contributed by atoms with E-state index in [1.807, 2.05) is 13.0 Å². The summed E-state index contributed by atoms with van der Waals surface area (Å²) in [6.45, 7) is 8.29. The van der Waals surface area contributed by atoms with Gasteiger partial charge in [-0.25, -0.2) is 0 Å². The molecule has 1 heterocycles. The fourth-order valence-corrected chi connectivity index (χ4v) is 2.69. The van der Waals surface area contributed by atoms with E-state index in [1.165, 1.54) is 24.0 Å². The molecule has 0 saturated heterocycles. The van der Waals surface area contributed by atoms with Gasteiger partial charge in [-0.1, -0.05) is 43.3 Å². The Balaban J connectivity index is 1.67. The van der Waals surface area contributed by atoms with Crippen molar-refractivity contribution in [3.8, 4) is 0 Å². The first-order valence-electron chi connectivity index (χ1n) is 7.87. The van der Waals surface area contributed by atoms with E-state index < -0.39 is 0 Å². The summed E-state index contributed by atoms with van der Waals surface area (Å²) in [5, 5.41) is 3.99. The van der Waals surface area contributed by atoms with Crippen LogP contribution in [0.1, 0.15) is 55.2 Å². The van der Waals surface area contributed by atoms with Crippen molar-refractivity contribution in [3.05, 3.63) is 52.9 Å². The van der Waals surface area contributed by atoms with Crippen molar-refractivity contribution in [1.82, 2.24) is 10.1 Å². The van der Waals surface area contributed by atoms with Gasteiger partial charge in [0.2, 0.25) is 0 Å². The lowest BCUT2D eigenvalue weighted by Gasteiger charge is -2.20. The molecular formula is C18H24N2O. The maximum atomic E-state index is 5.37. The van der Waals surface area contributed by atoms with E-state index in [4.69, 9.17) is 4.52 Å². The van der Waals surface area contributed by atoms with Crippen molar-refractivity contribution in [3.63, 3.8) is 0 Å². The summed E-state index contributed by atoms with van der Waals surface area (Å²) < 4.78 is 5.37. The molecule has 112 valence electrons. The third-order valence-electron chi connectivity index (χ3n) is 4.13. The van der Waals surface area contributed by atoms with Crippen LogP contribution in [0.4, 0.5) is 0 Å². The van der Waals surface area contributed by atoms with Gasteiger partial charge >= 0.3 is 0 Å². The third-order valence-corrected chi connectivity index (χ3v) is 4.13. The lowest BCUT2D eigenvalue weighted by atomic mass is 10.0. The maximum Gasteiger partial charge on any atom is 0.150 e. The van der Waals surface area contributed by atoms with Gasteiger partial charge in [0.1, 0.15) is 0 Å². The smallest absolute Gasteiger partial charge is 0.150 e. The van der Waals surface area contributed by atoms with Gasteiger partial charge in [-0.3, -0.25) is 4.90 Å². The molecule has 1 aromatic heterocycles. The second kappa shape index (κ2) is 6.02. The summed E-state index contributed by atoms with van der Waals surface area (Å²) in [4.78, 5) is 2.50. The summed E-state index contributed by atoms with van der Waals surface area (Å²) in [6.07, 6.45) is 2.61. The Morgan fingerprint density at radius 2 is 1.90 bits per heavy atom. The van der Waals surface area contributed by atoms with Crippen LogP contribution in [0.15, 0.2) is 34.9 Å². The molecule has 3 rings (SSSR count). The summed E-state index contributed by atoms with van der Waals surface area (Å²) >= 11 is 0. The number of aryl methyl sites for hydroxylation is 1. The number of aromatic nitrogens is 1. The molecule has 3 heteroatoms. The summed E-state index contributed by atoms with van der Waals surface area (Å²) in [7, 11) is 0. The van der Waals surface area contributed by atoms with E-state index in [1.54, 1.807) is 0 Å². The number of nitrogens with zero attached hydrogens (tertiary/aromatic N) is 2. The van der Waals surface area contributed by atoms with Gasteiger partial charge in [-0.05, 0) is 36.8 Å². The van der Waals surface area contributed by atoms with Crippen molar-refractivity contribution in [2.75, 3.05) is 0 Å². The first kappa shape index (κ1) is 14.3. The average Bonchev–Trinajstić information content (AvgIpc) is 3.23. The molecule has 0 atom stereocenters. The molecule has 21 heavy (non-hydrogen) atoms. The highest BCUT2D eigenvalue weighted by Gasteiger charge is 2.29. The molecule has 1 aromatic carbocycles. The first-order valence-corrected chi connectivity index (χ1v) is 7.87. The minimum atomic E-state index is 0.593. The van der Waals surface area contributed by atoms with Crippen LogP contribution in [0, 0.1) is 6.92 Å². The second-order valence-corrected chi connectivity index (χ2v) is 6.47. The third kappa shape index (κ3) is 3.73. The molecule has 0 aliphatic heterocycles.